The SMILES string of the molecule is Cc1nc(N2CCCC2)ccc1NC(=O)CCC(=O)O. The van der Waals surface area contributed by atoms with Crippen LogP contribution in [0.15, 0.2) is 12.1 Å². The maximum Gasteiger partial charge on any atom is 0.303 e. The van der Waals surface area contributed by atoms with Gasteiger partial charge < -0.3 is 15.3 Å². The Morgan fingerprint density at radius 2 is 2.00 bits per heavy atom. The van der Waals surface area contributed by atoms with E-state index in [4.69, 9.17) is 5.11 Å². The first kappa shape index (κ1) is 14.3. The number of anilines is 2. The van der Waals surface area contributed by atoms with Crippen molar-refractivity contribution in [3.05, 3.63) is 17.8 Å². The molecule has 6 heteroatoms. The zero-order chi connectivity index (χ0) is 14.5. The second kappa shape index (κ2) is 6.36. The zero-order valence-electron chi connectivity index (χ0n) is 11.6. The molecule has 108 valence electrons. The summed E-state index contributed by atoms with van der Waals surface area (Å²) in [5.74, 6) is -0.339. The summed E-state index contributed by atoms with van der Waals surface area (Å²) in [7, 11) is 0. The van der Waals surface area contributed by atoms with Crippen molar-refractivity contribution in [3.8, 4) is 0 Å². The van der Waals surface area contributed by atoms with Crippen LogP contribution >= 0.6 is 0 Å². The Balaban J connectivity index is 1.98. The molecule has 2 rings (SSSR count). The van der Waals surface area contributed by atoms with Crippen molar-refractivity contribution in [2.75, 3.05) is 23.3 Å². The average molecular weight is 277 g/mol. The largest absolute Gasteiger partial charge is 0.481 e. The van der Waals surface area contributed by atoms with E-state index in [-0.39, 0.29) is 18.7 Å². The fourth-order valence-corrected chi connectivity index (χ4v) is 2.24. The van der Waals surface area contributed by atoms with Crippen LogP contribution in [0, 0.1) is 6.92 Å². The van der Waals surface area contributed by atoms with Crippen LogP contribution in [0.4, 0.5) is 11.5 Å². The standard InChI is InChI=1S/C14H19N3O3/c1-10-11(16-13(18)6-7-14(19)20)4-5-12(15-10)17-8-2-3-9-17/h4-5H,2-3,6-9H2,1H3,(H,16,18)(H,19,20). The molecule has 1 aromatic rings. The summed E-state index contributed by atoms with van der Waals surface area (Å²) >= 11 is 0. The number of rotatable bonds is 5. The van der Waals surface area contributed by atoms with Crippen molar-refractivity contribution in [2.24, 2.45) is 0 Å². The fourth-order valence-electron chi connectivity index (χ4n) is 2.24. The van der Waals surface area contributed by atoms with Crippen LogP contribution in [0.25, 0.3) is 0 Å². The van der Waals surface area contributed by atoms with Crippen molar-refractivity contribution in [1.82, 2.24) is 4.98 Å². The molecule has 1 fully saturated rings. The lowest BCUT2D eigenvalue weighted by Crippen LogP contribution is -2.20. The highest BCUT2D eigenvalue weighted by Gasteiger charge is 2.15. The van der Waals surface area contributed by atoms with Crippen molar-refractivity contribution in [1.29, 1.82) is 0 Å². The van der Waals surface area contributed by atoms with Gasteiger partial charge >= 0.3 is 5.97 Å². The van der Waals surface area contributed by atoms with Crippen molar-refractivity contribution >= 4 is 23.4 Å². The molecule has 0 unspecified atom stereocenters. The normalized spacial score (nSPS) is 14.3. The number of carboxylic acids is 1. The Hall–Kier alpha value is -2.11. The number of carboxylic acid groups (broad SMARTS) is 1. The lowest BCUT2D eigenvalue weighted by Gasteiger charge is -2.18. The Morgan fingerprint density at radius 1 is 1.30 bits per heavy atom. The van der Waals surface area contributed by atoms with Gasteiger partial charge in [0, 0.05) is 19.5 Å². The third-order valence-corrected chi connectivity index (χ3v) is 3.34. The minimum absolute atomic E-state index is 0.0251. The second-order valence-electron chi connectivity index (χ2n) is 4.94. The van der Waals surface area contributed by atoms with E-state index in [0.29, 0.717) is 5.69 Å². The molecule has 0 spiro atoms. The first-order valence-corrected chi connectivity index (χ1v) is 6.80. The number of hydrogen-bond donors (Lipinski definition) is 2. The van der Waals surface area contributed by atoms with Gasteiger partial charge in [-0.2, -0.15) is 0 Å². The Labute approximate surface area is 117 Å². The first-order valence-electron chi connectivity index (χ1n) is 6.80. The number of pyridine rings is 1. The monoisotopic (exact) mass is 277 g/mol. The molecule has 1 aliphatic rings. The molecule has 0 aromatic carbocycles. The molecule has 0 bridgehead atoms. The van der Waals surface area contributed by atoms with E-state index in [9.17, 15) is 9.59 Å². The van der Waals surface area contributed by atoms with Crippen molar-refractivity contribution < 1.29 is 14.7 Å². The molecule has 2 heterocycles. The summed E-state index contributed by atoms with van der Waals surface area (Å²) in [5, 5.41) is 11.2. The first-order chi connectivity index (χ1) is 9.56. The predicted octanol–water partition coefficient (Wildman–Crippen LogP) is 1.79. The van der Waals surface area contributed by atoms with Crippen LogP contribution in [0.3, 0.4) is 0 Å². The third kappa shape index (κ3) is 3.69. The maximum atomic E-state index is 11.6. The lowest BCUT2D eigenvalue weighted by molar-refractivity contribution is -0.138. The van der Waals surface area contributed by atoms with Crippen LogP contribution in [0.2, 0.25) is 0 Å². The maximum absolute atomic E-state index is 11.6. The number of hydrogen-bond acceptors (Lipinski definition) is 4. The molecule has 1 aliphatic heterocycles. The van der Waals surface area contributed by atoms with Gasteiger partial charge in [-0.3, -0.25) is 9.59 Å². The van der Waals surface area contributed by atoms with E-state index in [2.05, 4.69) is 15.2 Å². The average Bonchev–Trinajstić information content (AvgIpc) is 2.92. The number of aryl methyl sites for hydroxylation is 1. The highest BCUT2D eigenvalue weighted by molar-refractivity contribution is 5.92. The molecule has 1 amide bonds. The van der Waals surface area contributed by atoms with Crippen molar-refractivity contribution in [3.63, 3.8) is 0 Å². The summed E-state index contributed by atoms with van der Waals surface area (Å²) in [6.45, 7) is 3.89. The van der Waals surface area contributed by atoms with Gasteiger partial charge in [-0.15, -0.1) is 0 Å². The molecule has 1 saturated heterocycles. The smallest absolute Gasteiger partial charge is 0.303 e. The number of amides is 1. The lowest BCUT2D eigenvalue weighted by atomic mass is 10.2. The van der Waals surface area contributed by atoms with Gasteiger partial charge in [0.2, 0.25) is 5.91 Å². The van der Waals surface area contributed by atoms with Gasteiger partial charge in [0.05, 0.1) is 17.8 Å². The highest BCUT2D eigenvalue weighted by Crippen LogP contribution is 2.22. The molecule has 1 aromatic heterocycles. The van der Waals surface area contributed by atoms with Gasteiger partial charge in [-0.05, 0) is 31.9 Å². The summed E-state index contributed by atoms with van der Waals surface area (Å²) < 4.78 is 0. The number of nitrogens with zero attached hydrogens (tertiary/aromatic N) is 2. The minimum Gasteiger partial charge on any atom is -0.481 e. The molecule has 0 aliphatic carbocycles. The summed E-state index contributed by atoms with van der Waals surface area (Å²) in [6, 6.07) is 3.72. The molecule has 0 radical (unpaired) electrons. The van der Waals surface area contributed by atoms with Gasteiger partial charge in [0.15, 0.2) is 0 Å². The molecule has 0 atom stereocenters. The van der Waals surface area contributed by atoms with Gasteiger partial charge in [0.1, 0.15) is 5.82 Å². The van der Waals surface area contributed by atoms with Crippen LogP contribution in [-0.4, -0.2) is 35.1 Å². The van der Waals surface area contributed by atoms with E-state index in [0.717, 1.165) is 24.6 Å². The molecular weight excluding hydrogens is 258 g/mol. The second-order valence-corrected chi connectivity index (χ2v) is 4.94. The number of carbonyl (C=O) groups excluding carboxylic acids is 1. The summed E-state index contributed by atoms with van der Waals surface area (Å²) in [5.41, 5.74) is 1.39. The fraction of sp³-hybridized carbons (Fsp3) is 0.500. The van der Waals surface area contributed by atoms with E-state index < -0.39 is 5.97 Å². The number of nitrogens with one attached hydrogen (secondary N) is 1. The van der Waals surface area contributed by atoms with E-state index in [1.165, 1.54) is 12.8 Å². The number of carbonyl (C=O) groups is 2. The summed E-state index contributed by atoms with van der Waals surface area (Å²) in [6.07, 6.45) is 2.19. The Kier molecular flexibility index (Phi) is 4.55. The predicted molar refractivity (Wildman–Crippen MR) is 75.9 cm³/mol. The quantitative estimate of drug-likeness (QED) is 0.857. The van der Waals surface area contributed by atoms with E-state index in [1.54, 1.807) is 0 Å². The topological polar surface area (TPSA) is 82.5 Å². The van der Waals surface area contributed by atoms with Crippen LogP contribution in [0.5, 0.6) is 0 Å². The third-order valence-electron chi connectivity index (χ3n) is 3.34. The van der Waals surface area contributed by atoms with Crippen LogP contribution < -0.4 is 10.2 Å². The zero-order valence-corrected chi connectivity index (χ0v) is 11.6. The summed E-state index contributed by atoms with van der Waals surface area (Å²) in [4.78, 5) is 28.7. The Bertz CT molecular complexity index is 510. The van der Waals surface area contributed by atoms with Crippen LogP contribution in [-0.2, 0) is 9.59 Å². The van der Waals surface area contributed by atoms with E-state index in [1.807, 2.05) is 19.1 Å². The van der Waals surface area contributed by atoms with Crippen LogP contribution in [0.1, 0.15) is 31.4 Å². The van der Waals surface area contributed by atoms with Gasteiger partial charge in [-0.1, -0.05) is 0 Å². The van der Waals surface area contributed by atoms with Gasteiger partial charge in [-0.25, -0.2) is 4.98 Å². The number of aliphatic carboxylic acids is 1. The van der Waals surface area contributed by atoms with Crippen molar-refractivity contribution in [2.45, 2.75) is 32.6 Å². The molecule has 2 N–H and O–H groups in total. The van der Waals surface area contributed by atoms with E-state index >= 15 is 0 Å². The molecule has 20 heavy (non-hydrogen) atoms. The highest BCUT2D eigenvalue weighted by atomic mass is 16.4. The molecule has 0 saturated carbocycles. The Morgan fingerprint density at radius 3 is 2.60 bits per heavy atom. The molecular formula is C14H19N3O3. The minimum atomic E-state index is -0.973. The molecule has 6 nitrogen and oxygen atoms in total. The van der Waals surface area contributed by atoms with Gasteiger partial charge in [0.25, 0.3) is 0 Å². The number of aromatic nitrogens is 1.